The number of fused-ring (bicyclic) bond motifs is 1. The van der Waals surface area contributed by atoms with Crippen molar-refractivity contribution in [3.05, 3.63) is 69.2 Å². The van der Waals surface area contributed by atoms with Gasteiger partial charge in [-0.3, -0.25) is 24.1 Å². The van der Waals surface area contributed by atoms with Gasteiger partial charge in [0.2, 0.25) is 11.8 Å². The van der Waals surface area contributed by atoms with Crippen LogP contribution < -0.4 is 5.32 Å². The molecular weight excluding hydrogens is 513 g/mol. The van der Waals surface area contributed by atoms with Gasteiger partial charge < -0.3 is 10.2 Å². The topological polar surface area (TPSA) is 86.8 Å². The molecule has 37 heavy (non-hydrogen) atoms. The lowest BCUT2D eigenvalue weighted by Crippen LogP contribution is -2.50. The molecule has 1 heterocycles. The largest absolute Gasteiger partial charge is 0.352 e. The number of rotatable bonds is 9. The summed E-state index contributed by atoms with van der Waals surface area (Å²) < 4.78 is 0. The fourth-order valence-electron chi connectivity index (χ4n) is 4.96. The third-order valence-electron chi connectivity index (χ3n) is 7.13. The minimum atomic E-state index is -0.722. The third kappa shape index (κ3) is 6.33. The molecule has 2 aromatic rings. The maximum atomic E-state index is 13.4. The highest BCUT2D eigenvalue weighted by atomic mass is 35.5. The van der Waals surface area contributed by atoms with Gasteiger partial charge in [-0.1, -0.05) is 60.7 Å². The molecule has 0 radical (unpaired) electrons. The van der Waals surface area contributed by atoms with Gasteiger partial charge >= 0.3 is 0 Å². The second-order valence-electron chi connectivity index (χ2n) is 9.69. The van der Waals surface area contributed by atoms with Gasteiger partial charge in [0.15, 0.2) is 0 Å². The molecule has 0 bridgehead atoms. The van der Waals surface area contributed by atoms with Crippen LogP contribution in [0.25, 0.3) is 0 Å². The number of nitrogens with one attached hydrogen (secondary N) is 1. The molecule has 1 aliphatic carbocycles. The van der Waals surface area contributed by atoms with E-state index in [2.05, 4.69) is 5.32 Å². The first-order valence-corrected chi connectivity index (χ1v) is 13.5. The number of carbonyl (C=O) groups is 4. The van der Waals surface area contributed by atoms with Gasteiger partial charge in [-0.25, -0.2) is 0 Å². The number of amides is 4. The van der Waals surface area contributed by atoms with Gasteiger partial charge in [0.1, 0.15) is 6.04 Å². The summed E-state index contributed by atoms with van der Waals surface area (Å²) in [5.41, 5.74) is 1.44. The van der Waals surface area contributed by atoms with E-state index in [0.717, 1.165) is 25.7 Å². The Bertz CT molecular complexity index is 1160. The zero-order valence-corrected chi connectivity index (χ0v) is 22.4. The van der Waals surface area contributed by atoms with Crippen molar-refractivity contribution < 1.29 is 19.2 Å². The Morgan fingerprint density at radius 1 is 1.03 bits per heavy atom. The third-order valence-corrected chi connectivity index (χ3v) is 7.71. The van der Waals surface area contributed by atoms with E-state index in [1.807, 2.05) is 0 Å². The normalized spacial score (nSPS) is 16.5. The molecule has 4 amide bonds. The number of nitrogens with zero attached hydrogens (tertiary/aromatic N) is 2. The van der Waals surface area contributed by atoms with E-state index < -0.39 is 6.04 Å². The van der Waals surface area contributed by atoms with Crippen molar-refractivity contribution in [2.45, 2.75) is 70.5 Å². The fourth-order valence-corrected chi connectivity index (χ4v) is 5.43. The Hall–Kier alpha value is -2.90. The summed E-state index contributed by atoms with van der Waals surface area (Å²) in [4.78, 5) is 54.5. The number of benzene rings is 2. The zero-order valence-electron chi connectivity index (χ0n) is 20.8. The fraction of sp³-hybridized carbons (Fsp3) is 0.429. The molecule has 0 unspecified atom stereocenters. The van der Waals surface area contributed by atoms with Crippen molar-refractivity contribution in [1.29, 1.82) is 0 Å². The van der Waals surface area contributed by atoms with Crippen LogP contribution in [0.3, 0.4) is 0 Å². The van der Waals surface area contributed by atoms with Crippen LogP contribution in [-0.2, 0) is 16.1 Å². The molecule has 0 saturated heterocycles. The van der Waals surface area contributed by atoms with Crippen LogP contribution in [0.4, 0.5) is 0 Å². The molecule has 1 N–H and O–H groups in total. The standard InChI is InChI=1S/C28H31Cl2N3O4/c1-18(26(35)31-21-8-3-2-4-9-21)33(17-19-13-14-20(29)16-24(19)30)25(34)12-7-15-32-27(36)22-10-5-6-11-23(22)28(32)37/h5-6,10-11,13-14,16,18,21H,2-4,7-9,12,15,17H2,1H3,(H,31,35)/t18-/m0/s1. The molecule has 1 fully saturated rings. The Balaban J connectivity index is 1.43. The van der Waals surface area contributed by atoms with Crippen LogP contribution in [0.15, 0.2) is 42.5 Å². The maximum Gasteiger partial charge on any atom is 0.261 e. The maximum absolute atomic E-state index is 13.4. The van der Waals surface area contributed by atoms with E-state index in [4.69, 9.17) is 23.2 Å². The van der Waals surface area contributed by atoms with Gasteiger partial charge in [0, 0.05) is 35.6 Å². The first kappa shape index (κ1) is 27.1. The molecule has 0 aromatic heterocycles. The first-order chi connectivity index (χ1) is 17.8. The summed E-state index contributed by atoms with van der Waals surface area (Å²) in [5.74, 6) is -1.16. The van der Waals surface area contributed by atoms with Gasteiger partial charge in [-0.05, 0) is 56.0 Å². The summed E-state index contributed by atoms with van der Waals surface area (Å²) in [5, 5.41) is 4.00. The quantitative estimate of drug-likeness (QED) is 0.438. The highest BCUT2D eigenvalue weighted by molar-refractivity contribution is 6.35. The summed E-state index contributed by atoms with van der Waals surface area (Å²) in [6.07, 6.45) is 5.58. The second kappa shape index (κ2) is 12.1. The average Bonchev–Trinajstić information content (AvgIpc) is 3.13. The summed E-state index contributed by atoms with van der Waals surface area (Å²) in [6, 6.07) is 11.1. The number of hydrogen-bond donors (Lipinski definition) is 1. The predicted octanol–water partition coefficient (Wildman–Crippen LogP) is 5.24. The van der Waals surface area contributed by atoms with E-state index in [0.29, 0.717) is 26.7 Å². The van der Waals surface area contributed by atoms with Crippen LogP contribution in [0.1, 0.15) is 78.1 Å². The Kier molecular flexibility index (Phi) is 8.87. The molecule has 4 rings (SSSR count). The van der Waals surface area contributed by atoms with Gasteiger partial charge in [-0.15, -0.1) is 0 Å². The van der Waals surface area contributed by atoms with Crippen LogP contribution in [-0.4, -0.2) is 52.1 Å². The number of imide groups is 1. The van der Waals surface area contributed by atoms with E-state index in [1.54, 1.807) is 49.4 Å². The van der Waals surface area contributed by atoms with Gasteiger partial charge in [-0.2, -0.15) is 0 Å². The number of halogens is 2. The molecule has 196 valence electrons. The molecule has 0 spiro atoms. The Morgan fingerprint density at radius 2 is 1.68 bits per heavy atom. The molecular formula is C28H31Cl2N3O4. The predicted molar refractivity (Wildman–Crippen MR) is 143 cm³/mol. The lowest BCUT2D eigenvalue weighted by atomic mass is 9.95. The van der Waals surface area contributed by atoms with Crippen molar-refractivity contribution >= 4 is 46.8 Å². The Labute approximate surface area is 227 Å². The van der Waals surface area contributed by atoms with Crippen LogP contribution in [0.5, 0.6) is 0 Å². The lowest BCUT2D eigenvalue weighted by molar-refractivity contribution is -0.141. The smallest absolute Gasteiger partial charge is 0.261 e. The summed E-state index contributed by atoms with van der Waals surface area (Å²) >= 11 is 12.4. The van der Waals surface area contributed by atoms with E-state index in [1.165, 1.54) is 16.2 Å². The minimum absolute atomic E-state index is 0.0691. The molecule has 9 heteroatoms. The van der Waals surface area contributed by atoms with Crippen molar-refractivity contribution in [3.8, 4) is 0 Å². The first-order valence-electron chi connectivity index (χ1n) is 12.7. The summed E-state index contributed by atoms with van der Waals surface area (Å²) in [7, 11) is 0. The number of carbonyl (C=O) groups excluding carboxylic acids is 4. The SMILES string of the molecule is C[C@@H](C(=O)NC1CCCCC1)N(Cc1ccc(Cl)cc1Cl)C(=O)CCCN1C(=O)c2ccccc2C1=O. The second-order valence-corrected chi connectivity index (χ2v) is 10.5. The van der Waals surface area contributed by atoms with Crippen LogP contribution in [0.2, 0.25) is 10.0 Å². The molecule has 1 atom stereocenters. The monoisotopic (exact) mass is 543 g/mol. The van der Waals surface area contributed by atoms with Crippen molar-refractivity contribution in [1.82, 2.24) is 15.1 Å². The average molecular weight is 544 g/mol. The van der Waals surface area contributed by atoms with Crippen molar-refractivity contribution in [3.63, 3.8) is 0 Å². The van der Waals surface area contributed by atoms with E-state index in [9.17, 15) is 19.2 Å². The highest BCUT2D eigenvalue weighted by Crippen LogP contribution is 2.25. The summed E-state index contributed by atoms with van der Waals surface area (Å²) in [6.45, 7) is 1.97. The van der Waals surface area contributed by atoms with Crippen LogP contribution in [0, 0.1) is 0 Å². The van der Waals surface area contributed by atoms with Crippen LogP contribution >= 0.6 is 23.2 Å². The molecule has 7 nitrogen and oxygen atoms in total. The van der Waals surface area contributed by atoms with E-state index in [-0.39, 0.29) is 55.6 Å². The van der Waals surface area contributed by atoms with Gasteiger partial charge in [0.05, 0.1) is 11.1 Å². The zero-order chi connectivity index (χ0) is 26.5. The van der Waals surface area contributed by atoms with E-state index >= 15 is 0 Å². The van der Waals surface area contributed by atoms with Gasteiger partial charge in [0.25, 0.3) is 11.8 Å². The molecule has 1 aliphatic heterocycles. The highest BCUT2D eigenvalue weighted by Gasteiger charge is 2.35. The molecule has 1 saturated carbocycles. The Morgan fingerprint density at radius 3 is 2.30 bits per heavy atom. The molecule has 2 aromatic carbocycles. The van der Waals surface area contributed by atoms with Crippen molar-refractivity contribution in [2.75, 3.05) is 6.54 Å². The van der Waals surface area contributed by atoms with Crippen molar-refractivity contribution in [2.24, 2.45) is 0 Å². The number of hydrogen-bond acceptors (Lipinski definition) is 4. The molecule has 2 aliphatic rings. The lowest BCUT2D eigenvalue weighted by Gasteiger charge is -2.31. The minimum Gasteiger partial charge on any atom is -0.352 e.